The van der Waals surface area contributed by atoms with Gasteiger partial charge in [-0.2, -0.15) is 5.10 Å². The first-order valence-electron chi connectivity index (χ1n) is 8.28. The number of hydrogen-bond donors (Lipinski definition) is 1. The van der Waals surface area contributed by atoms with Gasteiger partial charge >= 0.3 is 0 Å². The summed E-state index contributed by atoms with van der Waals surface area (Å²) in [5.74, 6) is 0.311. The molecule has 23 heavy (non-hydrogen) atoms. The Morgan fingerprint density at radius 2 is 1.91 bits per heavy atom. The summed E-state index contributed by atoms with van der Waals surface area (Å²) in [5, 5.41) is 4.10. The van der Waals surface area contributed by atoms with Crippen LogP contribution in [0.15, 0.2) is 4.90 Å². The topological polar surface area (TPSA) is 81.1 Å². The van der Waals surface area contributed by atoms with E-state index in [1.165, 1.54) is 23.9 Å². The Morgan fingerprint density at radius 1 is 1.30 bits per heavy atom. The number of carbonyl (C=O) groups is 1. The quantitative estimate of drug-likeness (QED) is 0.892. The number of carbonyl (C=O) groups excluding carboxylic acids is 1. The van der Waals surface area contributed by atoms with Crippen LogP contribution in [0, 0.1) is 25.7 Å². The molecule has 1 aliphatic carbocycles. The molecule has 1 saturated carbocycles. The number of rotatable bonds is 5. The van der Waals surface area contributed by atoms with Crippen molar-refractivity contribution in [2.75, 3.05) is 0 Å². The molecule has 1 N–H and O–H groups in total. The first-order chi connectivity index (χ1) is 10.7. The number of nitrogens with zero attached hydrogens (tertiary/aromatic N) is 2. The second-order valence-electron chi connectivity index (χ2n) is 6.73. The lowest BCUT2D eigenvalue weighted by molar-refractivity contribution is -0.120. The molecule has 0 spiro atoms. The summed E-state index contributed by atoms with van der Waals surface area (Å²) in [6, 6.07) is 0. The van der Waals surface area contributed by atoms with Gasteiger partial charge in [0.2, 0.25) is 5.91 Å². The van der Waals surface area contributed by atoms with Gasteiger partial charge in [-0.15, -0.1) is 0 Å². The molecule has 1 amide bonds. The van der Waals surface area contributed by atoms with Crippen molar-refractivity contribution in [2.45, 2.75) is 64.2 Å². The van der Waals surface area contributed by atoms with E-state index < -0.39 is 15.9 Å². The zero-order valence-electron chi connectivity index (χ0n) is 14.4. The van der Waals surface area contributed by atoms with Gasteiger partial charge < -0.3 is 0 Å². The fraction of sp³-hybridized carbons (Fsp3) is 0.750. The van der Waals surface area contributed by atoms with Gasteiger partial charge in [-0.1, -0.05) is 39.0 Å². The predicted octanol–water partition coefficient (Wildman–Crippen LogP) is 2.45. The lowest BCUT2D eigenvalue weighted by atomic mass is 9.79. The minimum atomic E-state index is -3.86. The van der Waals surface area contributed by atoms with E-state index in [0.29, 0.717) is 17.3 Å². The number of amides is 1. The molecule has 2 rings (SSSR count). The van der Waals surface area contributed by atoms with Gasteiger partial charge in [-0.05, 0) is 25.7 Å². The smallest absolute Gasteiger partial charge is 0.267 e. The highest BCUT2D eigenvalue weighted by Gasteiger charge is 2.28. The number of nitrogens with one attached hydrogen (secondary N) is 1. The highest BCUT2D eigenvalue weighted by Crippen LogP contribution is 2.31. The maximum Gasteiger partial charge on any atom is 0.267 e. The molecule has 0 unspecified atom stereocenters. The maximum absolute atomic E-state index is 12.5. The van der Waals surface area contributed by atoms with Crippen molar-refractivity contribution in [3.8, 4) is 0 Å². The van der Waals surface area contributed by atoms with Crippen LogP contribution < -0.4 is 4.72 Å². The Kier molecular flexibility index (Phi) is 5.49. The van der Waals surface area contributed by atoms with Crippen molar-refractivity contribution in [1.82, 2.24) is 14.5 Å². The van der Waals surface area contributed by atoms with E-state index >= 15 is 0 Å². The van der Waals surface area contributed by atoms with Crippen LogP contribution in [0.3, 0.4) is 0 Å². The van der Waals surface area contributed by atoms with Crippen LogP contribution in [-0.4, -0.2) is 24.1 Å². The fourth-order valence-electron chi connectivity index (χ4n) is 3.55. The molecule has 1 fully saturated rings. The SMILES string of the molecule is Cc1nn(C)c(C)c1S(=O)(=O)NC(=O)C[C@@H](C)C1CCCCC1. The summed E-state index contributed by atoms with van der Waals surface area (Å²) in [7, 11) is -2.17. The lowest BCUT2D eigenvalue weighted by Gasteiger charge is -2.27. The average molecular weight is 341 g/mol. The third-order valence-corrected chi connectivity index (χ3v) is 6.55. The Labute approximate surface area is 138 Å². The Hall–Kier alpha value is -1.37. The standard InChI is InChI=1S/C16H27N3O3S/c1-11(14-8-6-5-7-9-14)10-15(20)18-23(21,22)16-12(2)17-19(4)13(16)3/h11,14H,5-10H2,1-4H3,(H,18,20)/t11-/m1/s1. The number of hydrogen-bond acceptors (Lipinski definition) is 4. The molecule has 1 aromatic heterocycles. The second kappa shape index (κ2) is 7.03. The highest BCUT2D eigenvalue weighted by atomic mass is 32.2. The van der Waals surface area contributed by atoms with Crippen LogP contribution in [-0.2, 0) is 21.9 Å². The Morgan fingerprint density at radius 3 is 2.43 bits per heavy atom. The number of sulfonamides is 1. The first kappa shape index (κ1) is 18.0. The third-order valence-electron chi connectivity index (χ3n) is 4.92. The second-order valence-corrected chi connectivity index (χ2v) is 8.35. The van der Waals surface area contributed by atoms with Gasteiger partial charge in [0.25, 0.3) is 10.0 Å². The van der Waals surface area contributed by atoms with Gasteiger partial charge in [0.1, 0.15) is 4.90 Å². The predicted molar refractivity (Wildman–Crippen MR) is 88.4 cm³/mol. The lowest BCUT2D eigenvalue weighted by Crippen LogP contribution is -2.33. The van der Waals surface area contributed by atoms with E-state index in [2.05, 4.69) is 9.82 Å². The molecule has 1 atom stereocenters. The molecule has 0 bridgehead atoms. The minimum absolute atomic E-state index is 0.110. The summed E-state index contributed by atoms with van der Waals surface area (Å²) >= 11 is 0. The van der Waals surface area contributed by atoms with Crippen molar-refractivity contribution < 1.29 is 13.2 Å². The van der Waals surface area contributed by atoms with Crippen LogP contribution >= 0.6 is 0 Å². The van der Waals surface area contributed by atoms with Gasteiger partial charge in [-0.25, -0.2) is 13.1 Å². The summed E-state index contributed by atoms with van der Waals surface area (Å²) in [4.78, 5) is 12.3. The third kappa shape index (κ3) is 4.13. The van der Waals surface area contributed by atoms with E-state index in [-0.39, 0.29) is 17.2 Å². The monoisotopic (exact) mass is 341 g/mol. The van der Waals surface area contributed by atoms with Crippen molar-refractivity contribution in [3.63, 3.8) is 0 Å². The zero-order chi connectivity index (χ0) is 17.2. The van der Waals surface area contributed by atoms with Crippen LogP contribution in [0.4, 0.5) is 0 Å². The zero-order valence-corrected chi connectivity index (χ0v) is 15.2. The van der Waals surface area contributed by atoms with Crippen LogP contribution in [0.25, 0.3) is 0 Å². The van der Waals surface area contributed by atoms with E-state index in [9.17, 15) is 13.2 Å². The Bertz CT molecular complexity index is 673. The maximum atomic E-state index is 12.5. The van der Waals surface area contributed by atoms with Crippen LogP contribution in [0.5, 0.6) is 0 Å². The minimum Gasteiger partial charge on any atom is -0.274 e. The normalized spacial score (nSPS) is 17.9. The van der Waals surface area contributed by atoms with Gasteiger partial charge in [0.05, 0.1) is 11.4 Å². The van der Waals surface area contributed by atoms with Crippen molar-refractivity contribution in [3.05, 3.63) is 11.4 Å². The Balaban J connectivity index is 2.03. The van der Waals surface area contributed by atoms with E-state index in [1.807, 2.05) is 6.92 Å². The molecule has 0 aromatic carbocycles. The molecule has 6 nitrogen and oxygen atoms in total. The van der Waals surface area contributed by atoms with Crippen LogP contribution in [0.1, 0.15) is 56.8 Å². The summed E-state index contributed by atoms with van der Waals surface area (Å²) < 4.78 is 28.7. The van der Waals surface area contributed by atoms with Crippen LogP contribution in [0.2, 0.25) is 0 Å². The molecule has 0 radical (unpaired) electrons. The first-order valence-corrected chi connectivity index (χ1v) is 9.76. The summed E-state index contributed by atoms with van der Waals surface area (Å²) in [6.07, 6.45) is 6.22. The van der Waals surface area contributed by atoms with Crippen molar-refractivity contribution in [1.29, 1.82) is 0 Å². The molecule has 1 aliphatic rings. The van der Waals surface area contributed by atoms with Crippen molar-refractivity contribution >= 4 is 15.9 Å². The van der Waals surface area contributed by atoms with E-state index in [1.54, 1.807) is 20.9 Å². The fourth-order valence-corrected chi connectivity index (χ4v) is 4.98. The van der Waals surface area contributed by atoms with Gasteiger partial charge in [0, 0.05) is 13.5 Å². The summed E-state index contributed by atoms with van der Waals surface area (Å²) in [6.45, 7) is 5.36. The molecular formula is C16H27N3O3S. The molecule has 1 heterocycles. The molecule has 130 valence electrons. The molecule has 1 aromatic rings. The van der Waals surface area contributed by atoms with Gasteiger partial charge in [-0.3, -0.25) is 9.48 Å². The molecule has 0 saturated heterocycles. The van der Waals surface area contributed by atoms with E-state index in [4.69, 9.17) is 0 Å². The number of aryl methyl sites for hydroxylation is 2. The van der Waals surface area contributed by atoms with Gasteiger partial charge in [0.15, 0.2) is 0 Å². The highest BCUT2D eigenvalue weighted by molar-refractivity contribution is 7.90. The molecule has 0 aliphatic heterocycles. The molecule has 7 heteroatoms. The summed E-state index contributed by atoms with van der Waals surface area (Å²) in [5.41, 5.74) is 0.939. The largest absolute Gasteiger partial charge is 0.274 e. The van der Waals surface area contributed by atoms with E-state index in [0.717, 1.165) is 12.8 Å². The number of aromatic nitrogens is 2. The van der Waals surface area contributed by atoms with Crippen molar-refractivity contribution in [2.24, 2.45) is 18.9 Å². The average Bonchev–Trinajstić information content (AvgIpc) is 2.72. The molecular weight excluding hydrogens is 314 g/mol.